The zero-order valence-electron chi connectivity index (χ0n) is 7.22. The molecule has 0 saturated carbocycles. The summed E-state index contributed by atoms with van der Waals surface area (Å²) in [5, 5.41) is 3.78. The highest BCUT2D eigenvalue weighted by molar-refractivity contribution is 5.68. The van der Waals surface area contributed by atoms with E-state index in [1.807, 2.05) is 13.0 Å². The average molecular weight is 151 g/mol. The van der Waals surface area contributed by atoms with E-state index in [2.05, 4.69) is 25.6 Å². The van der Waals surface area contributed by atoms with Crippen LogP contribution in [0.15, 0.2) is 29.1 Å². The van der Waals surface area contributed by atoms with Crippen molar-refractivity contribution in [3.8, 4) is 0 Å². The van der Waals surface area contributed by atoms with Crippen LogP contribution < -0.4 is 0 Å². The molecule has 0 aromatic rings. The summed E-state index contributed by atoms with van der Waals surface area (Å²) in [5.74, 6) is 0.775. The van der Waals surface area contributed by atoms with Gasteiger partial charge in [0.2, 0.25) is 0 Å². The molecule has 0 aliphatic carbocycles. The van der Waals surface area contributed by atoms with E-state index in [9.17, 15) is 0 Å². The van der Waals surface area contributed by atoms with E-state index in [4.69, 9.17) is 4.84 Å². The molecule has 0 bridgehead atoms. The van der Waals surface area contributed by atoms with E-state index >= 15 is 0 Å². The molecule has 0 unspecified atom stereocenters. The molecule has 1 heterocycles. The SMILES string of the molecule is C=C(C)C1=CC(C)(C)C=NO1. The first-order valence-corrected chi connectivity index (χ1v) is 3.61. The second-order valence-electron chi connectivity index (χ2n) is 3.44. The normalized spacial score (nSPS) is 20.5. The maximum absolute atomic E-state index is 5.01. The van der Waals surface area contributed by atoms with Gasteiger partial charge in [-0.15, -0.1) is 0 Å². The summed E-state index contributed by atoms with van der Waals surface area (Å²) in [5.41, 5.74) is 0.905. The zero-order valence-corrected chi connectivity index (χ0v) is 7.22. The maximum atomic E-state index is 5.01. The molecule has 0 radical (unpaired) electrons. The fraction of sp³-hybridized carbons (Fsp3) is 0.444. The Morgan fingerprint density at radius 1 is 1.64 bits per heavy atom. The highest BCUT2D eigenvalue weighted by Crippen LogP contribution is 2.24. The van der Waals surface area contributed by atoms with Crippen molar-refractivity contribution in [3.05, 3.63) is 24.0 Å². The maximum Gasteiger partial charge on any atom is 0.157 e. The molecule has 0 fully saturated rings. The predicted molar refractivity (Wildman–Crippen MR) is 46.3 cm³/mol. The second kappa shape index (κ2) is 2.53. The van der Waals surface area contributed by atoms with Crippen molar-refractivity contribution in [1.29, 1.82) is 0 Å². The van der Waals surface area contributed by atoms with Gasteiger partial charge < -0.3 is 4.84 Å². The van der Waals surface area contributed by atoms with Crippen LogP contribution in [0.5, 0.6) is 0 Å². The molecule has 60 valence electrons. The molecule has 0 spiro atoms. The van der Waals surface area contributed by atoms with Crippen molar-refractivity contribution in [2.45, 2.75) is 20.8 Å². The Balaban J connectivity index is 2.86. The van der Waals surface area contributed by atoms with Crippen LogP contribution in [0.4, 0.5) is 0 Å². The molecule has 0 N–H and O–H groups in total. The number of oxime groups is 1. The molecule has 0 aromatic carbocycles. The molecule has 0 aromatic heterocycles. The standard InChI is InChI=1S/C9H13NO/c1-7(2)8-5-9(3,4)6-10-11-8/h5-6H,1H2,2-4H3. The highest BCUT2D eigenvalue weighted by Gasteiger charge is 2.18. The van der Waals surface area contributed by atoms with E-state index in [1.54, 1.807) is 6.21 Å². The van der Waals surface area contributed by atoms with Crippen LogP contribution in [0.1, 0.15) is 20.8 Å². The number of hydrogen-bond acceptors (Lipinski definition) is 2. The number of hydrogen-bond donors (Lipinski definition) is 0. The molecule has 2 heteroatoms. The first-order valence-electron chi connectivity index (χ1n) is 3.61. The van der Waals surface area contributed by atoms with Gasteiger partial charge in [-0.25, -0.2) is 0 Å². The molecular weight excluding hydrogens is 138 g/mol. The molecule has 2 nitrogen and oxygen atoms in total. The van der Waals surface area contributed by atoms with Gasteiger partial charge in [0.15, 0.2) is 5.76 Å². The van der Waals surface area contributed by atoms with Gasteiger partial charge >= 0.3 is 0 Å². The van der Waals surface area contributed by atoms with Crippen molar-refractivity contribution >= 4 is 6.21 Å². The predicted octanol–water partition coefficient (Wildman–Crippen LogP) is 2.49. The summed E-state index contributed by atoms with van der Waals surface area (Å²) in [6.07, 6.45) is 3.79. The van der Waals surface area contributed by atoms with Crippen molar-refractivity contribution < 1.29 is 4.84 Å². The number of nitrogens with zero attached hydrogens (tertiary/aromatic N) is 1. The summed E-state index contributed by atoms with van der Waals surface area (Å²) in [6, 6.07) is 0. The van der Waals surface area contributed by atoms with E-state index < -0.39 is 0 Å². The molecule has 0 atom stereocenters. The second-order valence-corrected chi connectivity index (χ2v) is 3.44. The Kier molecular flexibility index (Phi) is 1.85. The van der Waals surface area contributed by atoms with Crippen LogP contribution in [-0.4, -0.2) is 6.21 Å². The van der Waals surface area contributed by atoms with Crippen molar-refractivity contribution in [1.82, 2.24) is 0 Å². The van der Waals surface area contributed by atoms with E-state index in [0.717, 1.165) is 11.3 Å². The van der Waals surface area contributed by atoms with Crippen LogP contribution >= 0.6 is 0 Å². The lowest BCUT2D eigenvalue weighted by molar-refractivity contribution is 0.222. The largest absolute Gasteiger partial charge is 0.357 e. The van der Waals surface area contributed by atoms with Crippen molar-refractivity contribution in [3.63, 3.8) is 0 Å². The summed E-state index contributed by atoms with van der Waals surface area (Å²) in [7, 11) is 0. The van der Waals surface area contributed by atoms with Crippen LogP contribution in [-0.2, 0) is 4.84 Å². The lowest BCUT2D eigenvalue weighted by Crippen LogP contribution is -2.14. The first kappa shape index (κ1) is 8.05. The first-order chi connectivity index (χ1) is 5.01. The van der Waals surface area contributed by atoms with Crippen molar-refractivity contribution in [2.75, 3.05) is 0 Å². The van der Waals surface area contributed by atoms with Gasteiger partial charge in [-0.2, -0.15) is 0 Å². The van der Waals surface area contributed by atoms with Gasteiger partial charge in [-0.05, 0) is 18.6 Å². The molecule has 11 heavy (non-hydrogen) atoms. The minimum atomic E-state index is -0.00741. The summed E-state index contributed by atoms with van der Waals surface area (Å²) in [4.78, 5) is 5.01. The van der Waals surface area contributed by atoms with Crippen LogP contribution in [0.2, 0.25) is 0 Å². The Morgan fingerprint density at radius 2 is 2.27 bits per heavy atom. The Hall–Kier alpha value is -1.05. The van der Waals surface area contributed by atoms with Gasteiger partial charge in [0.05, 0.1) is 6.21 Å². The van der Waals surface area contributed by atoms with Gasteiger partial charge in [0.25, 0.3) is 0 Å². The smallest absolute Gasteiger partial charge is 0.157 e. The zero-order chi connectivity index (χ0) is 8.48. The van der Waals surface area contributed by atoms with Crippen LogP contribution in [0.3, 0.4) is 0 Å². The minimum Gasteiger partial charge on any atom is -0.357 e. The van der Waals surface area contributed by atoms with Crippen LogP contribution in [0, 0.1) is 5.41 Å². The fourth-order valence-electron chi connectivity index (χ4n) is 0.822. The lowest BCUT2D eigenvalue weighted by Gasteiger charge is -2.19. The van der Waals surface area contributed by atoms with Gasteiger partial charge in [-0.3, -0.25) is 0 Å². The van der Waals surface area contributed by atoms with Gasteiger partial charge in [-0.1, -0.05) is 25.6 Å². The average Bonchev–Trinajstić information content (AvgIpc) is 1.85. The third-order valence-electron chi connectivity index (χ3n) is 1.46. The third kappa shape index (κ3) is 1.93. The van der Waals surface area contributed by atoms with Crippen LogP contribution in [0.25, 0.3) is 0 Å². The van der Waals surface area contributed by atoms with Gasteiger partial charge in [0, 0.05) is 5.41 Å². The number of rotatable bonds is 1. The Labute approximate surface area is 67.2 Å². The highest BCUT2D eigenvalue weighted by atomic mass is 16.6. The lowest BCUT2D eigenvalue weighted by atomic mass is 9.93. The van der Waals surface area contributed by atoms with Gasteiger partial charge in [0.1, 0.15) is 0 Å². The minimum absolute atomic E-state index is 0.00741. The van der Waals surface area contributed by atoms with E-state index in [0.29, 0.717) is 0 Å². The summed E-state index contributed by atoms with van der Waals surface area (Å²) in [6.45, 7) is 9.83. The molecule has 1 aliphatic heterocycles. The van der Waals surface area contributed by atoms with E-state index in [-0.39, 0.29) is 5.41 Å². The molecular formula is C9H13NO. The fourth-order valence-corrected chi connectivity index (χ4v) is 0.822. The monoisotopic (exact) mass is 151 g/mol. The molecule has 1 aliphatic rings. The summed E-state index contributed by atoms with van der Waals surface area (Å²) >= 11 is 0. The summed E-state index contributed by atoms with van der Waals surface area (Å²) < 4.78 is 0. The molecule has 0 amide bonds. The Morgan fingerprint density at radius 3 is 2.64 bits per heavy atom. The molecule has 1 rings (SSSR count). The van der Waals surface area contributed by atoms with Crippen molar-refractivity contribution in [2.24, 2.45) is 10.6 Å². The third-order valence-corrected chi connectivity index (χ3v) is 1.46. The van der Waals surface area contributed by atoms with E-state index in [1.165, 1.54) is 0 Å². The quantitative estimate of drug-likeness (QED) is 0.564. The topological polar surface area (TPSA) is 21.6 Å². The Bertz CT molecular complexity index is 236. The molecule has 0 saturated heterocycles. The number of allylic oxidation sites excluding steroid dienone is 2.